The highest BCUT2D eigenvalue weighted by molar-refractivity contribution is 7.89. The van der Waals surface area contributed by atoms with Crippen LogP contribution in [0.4, 0.5) is 8.78 Å². The number of hydrogen-bond acceptors (Lipinski definition) is 4. The van der Waals surface area contributed by atoms with Gasteiger partial charge in [-0.3, -0.25) is 4.79 Å². The third-order valence-corrected chi connectivity index (χ3v) is 4.40. The Bertz CT molecular complexity index is 666. The fourth-order valence-corrected chi connectivity index (χ4v) is 3.47. The zero-order valence-electron chi connectivity index (χ0n) is 11.3. The van der Waals surface area contributed by atoms with Crippen molar-refractivity contribution in [3.8, 4) is 0 Å². The van der Waals surface area contributed by atoms with Crippen molar-refractivity contribution in [2.24, 2.45) is 17.0 Å². The average molecular weight is 319 g/mol. The number of amides is 1. The lowest BCUT2D eigenvalue weighted by Crippen LogP contribution is -2.32. The number of hydrogen-bond donors (Lipinski definition) is 1. The second kappa shape index (κ2) is 5.64. The minimum atomic E-state index is -3.65. The summed E-state index contributed by atoms with van der Waals surface area (Å²) in [5, 5.41) is 5.01. The van der Waals surface area contributed by atoms with Crippen LogP contribution in [0.25, 0.3) is 0 Å². The topological polar surface area (TPSA) is 93.4 Å². The van der Waals surface area contributed by atoms with E-state index < -0.39 is 33.3 Å². The molecular weight excluding hydrogens is 304 g/mol. The lowest BCUT2D eigenvalue weighted by Gasteiger charge is -2.16. The van der Waals surface area contributed by atoms with Gasteiger partial charge in [-0.2, -0.15) is 0 Å². The Morgan fingerprint density at radius 3 is 2.71 bits per heavy atom. The monoisotopic (exact) mass is 319 g/mol. The largest absolute Gasteiger partial charge is 0.337 e. The predicted octanol–water partition coefficient (Wildman–Crippen LogP) is 0.356. The lowest BCUT2D eigenvalue weighted by molar-refractivity contribution is 0.0774. The molecule has 0 unspecified atom stereocenters. The smallest absolute Gasteiger partial charge is 0.275 e. The summed E-state index contributed by atoms with van der Waals surface area (Å²) in [6, 6.07) is 0.585. The number of sulfonamides is 1. The van der Waals surface area contributed by atoms with Crippen molar-refractivity contribution in [3.05, 3.63) is 29.6 Å². The highest BCUT2D eigenvalue weighted by Crippen LogP contribution is 2.25. The number of pyridine rings is 1. The quantitative estimate of drug-likeness (QED) is 0.870. The third kappa shape index (κ3) is 3.73. The fraction of sp³-hybridized carbons (Fsp3) is 0.500. The first-order valence-electron chi connectivity index (χ1n) is 6.28. The molecule has 9 heteroatoms. The van der Waals surface area contributed by atoms with Gasteiger partial charge in [0.15, 0.2) is 11.5 Å². The van der Waals surface area contributed by atoms with Gasteiger partial charge >= 0.3 is 0 Å². The second-order valence-corrected chi connectivity index (χ2v) is 6.92. The first-order chi connectivity index (χ1) is 9.67. The molecule has 0 saturated carbocycles. The SMILES string of the molecule is C[C@@H]1CN(C(=O)c2ncc(F)cc2F)C[C@H]1CS(N)(=O)=O. The number of nitrogens with two attached hydrogens (primary N) is 1. The van der Waals surface area contributed by atoms with Crippen LogP contribution in [0.15, 0.2) is 12.3 Å². The van der Waals surface area contributed by atoms with Crippen molar-refractivity contribution in [3.63, 3.8) is 0 Å². The Morgan fingerprint density at radius 2 is 2.14 bits per heavy atom. The van der Waals surface area contributed by atoms with Gasteiger partial charge in [-0.25, -0.2) is 27.3 Å². The van der Waals surface area contributed by atoms with Gasteiger partial charge in [0.1, 0.15) is 5.82 Å². The molecule has 2 atom stereocenters. The Morgan fingerprint density at radius 1 is 1.48 bits per heavy atom. The second-order valence-electron chi connectivity index (χ2n) is 5.26. The number of rotatable bonds is 3. The highest BCUT2D eigenvalue weighted by Gasteiger charge is 2.36. The van der Waals surface area contributed by atoms with Gasteiger partial charge in [-0.05, 0) is 11.8 Å². The maximum absolute atomic E-state index is 13.6. The number of carbonyl (C=O) groups excluding carboxylic acids is 1. The zero-order chi connectivity index (χ0) is 15.8. The summed E-state index contributed by atoms with van der Waals surface area (Å²) in [7, 11) is -3.65. The normalized spacial score (nSPS) is 22.6. The standard InChI is InChI=1S/C12H15F2N3O3S/c1-7-4-17(5-8(7)6-21(15,19)20)12(18)11-10(14)2-9(13)3-16-11/h2-3,7-8H,4-6H2,1H3,(H2,15,19,20)/t7-,8+/m1/s1. The van der Waals surface area contributed by atoms with E-state index in [4.69, 9.17) is 5.14 Å². The first kappa shape index (κ1) is 15.8. The lowest BCUT2D eigenvalue weighted by atomic mass is 10.0. The molecule has 2 N–H and O–H groups in total. The minimum Gasteiger partial charge on any atom is -0.337 e. The molecule has 1 saturated heterocycles. The molecule has 0 spiro atoms. The van der Waals surface area contributed by atoms with Crippen LogP contribution >= 0.6 is 0 Å². The first-order valence-corrected chi connectivity index (χ1v) is 7.99. The van der Waals surface area contributed by atoms with E-state index in [0.29, 0.717) is 6.07 Å². The number of aromatic nitrogens is 1. The molecule has 1 fully saturated rings. The van der Waals surface area contributed by atoms with Crippen LogP contribution in [0.1, 0.15) is 17.4 Å². The molecule has 1 amide bonds. The van der Waals surface area contributed by atoms with E-state index in [2.05, 4.69) is 4.98 Å². The Hall–Kier alpha value is -1.61. The Kier molecular flexibility index (Phi) is 4.24. The van der Waals surface area contributed by atoms with Gasteiger partial charge in [0.2, 0.25) is 10.0 Å². The van der Waals surface area contributed by atoms with Crippen LogP contribution in [-0.2, 0) is 10.0 Å². The third-order valence-electron chi connectivity index (χ3n) is 3.51. The molecule has 0 aromatic carbocycles. The van der Waals surface area contributed by atoms with E-state index in [1.54, 1.807) is 6.92 Å². The number of carbonyl (C=O) groups is 1. The van der Waals surface area contributed by atoms with Crippen molar-refractivity contribution in [1.29, 1.82) is 0 Å². The summed E-state index contributed by atoms with van der Waals surface area (Å²) in [6.45, 7) is 2.21. The number of likely N-dealkylation sites (tertiary alicyclic amines) is 1. The molecule has 1 aliphatic heterocycles. The van der Waals surface area contributed by atoms with E-state index in [1.807, 2.05) is 0 Å². The van der Waals surface area contributed by atoms with Gasteiger partial charge in [-0.1, -0.05) is 6.92 Å². The van der Waals surface area contributed by atoms with Crippen molar-refractivity contribution >= 4 is 15.9 Å². The van der Waals surface area contributed by atoms with Gasteiger partial charge in [-0.15, -0.1) is 0 Å². The van der Waals surface area contributed by atoms with E-state index in [-0.39, 0.29) is 30.7 Å². The number of primary sulfonamides is 1. The van der Waals surface area contributed by atoms with Gasteiger partial charge in [0.25, 0.3) is 5.91 Å². The molecule has 0 aliphatic carbocycles. The van der Waals surface area contributed by atoms with Crippen LogP contribution < -0.4 is 5.14 Å². The van der Waals surface area contributed by atoms with E-state index >= 15 is 0 Å². The zero-order valence-corrected chi connectivity index (χ0v) is 12.1. The van der Waals surface area contributed by atoms with Gasteiger partial charge < -0.3 is 4.90 Å². The van der Waals surface area contributed by atoms with Crippen LogP contribution in [-0.4, -0.2) is 43.1 Å². The highest BCUT2D eigenvalue weighted by atomic mass is 32.2. The molecule has 6 nitrogen and oxygen atoms in total. The molecule has 0 bridgehead atoms. The van der Waals surface area contributed by atoms with Crippen molar-refractivity contribution < 1.29 is 22.0 Å². The van der Waals surface area contributed by atoms with Crippen LogP contribution in [0, 0.1) is 23.5 Å². The van der Waals surface area contributed by atoms with Crippen molar-refractivity contribution in [2.75, 3.05) is 18.8 Å². The predicted molar refractivity (Wildman–Crippen MR) is 70.7 cm³/mol. The fourth-order valence-electron chi connectivity index (χ4n) is 2.44. The minimum absolute atomic E-state index is 0.0872. The summed E-state index contributed by atoms with van der Waals surface area (Å²) in [5.41, 5.74) is -0.472. The van der Waals surface area contributed by atoms with E-state index in [0.717, 1.165) is 6.20 Å². The van der Waals surface area contributed by atoms with Crippen molar-refractivity contribution in [2.45, 2.75) is 6.92 Å². The van der Waals surface area contributed by atoms with Gasteiger partial charge in [0.05, 0.1) is 11.9 Å². The summed E-state index contributed by atoms with van der Waals surface area (Å²) in [5.74, 6) is -3.23. The van der Waals surface area contributed by atoms with Crippen LogP contribution in [0.2, 0.25) is 0 Å². The molecule has 2 heterocycles. The molecule has 1 aliphatic rings. The molecule has 116 valence electrons. The summed E-state index contributed by atoms with van der Waals surface area (Å²) in [6.07, 6.45) is 0.762. The summed E-state index contributed by atoms with van der Waals surface area (Å²) >= 11 is 0. The summed E-state index contributed by atoms with van der Waals surface area (Å²) in [4.78, 5) is 16.9. The van der Waals surface area contributed by atoms with E-state index in [9.17, 15) is 22.0 Å². The van der Waals surface area contributed by atoms with Gasteiger partial charge in [0, 0.05) is 19.2 Å². The molecular formula is C12H15F2N3O3S. The van der Waals surface area contributed by atoms with Crippen LogP contribution in [0.3, 0.4) is 0 Å². The maximum atomic E-state index is 13.6. The average Bonchev–Trinajstić information content (AvgIpc) is 2.68. The number of nitrogens with zero attached hydrogens (tertiary/aromatic N) is 2. The Balaban J connectivity index is 2.15. The molecule has 0 radical (unpaired) electrons. The molecule has 2 rings (SSSR count). The molecule has 1 aromatic rings. The molecule has 21 heavy (non-hydrogen) atoms. The summed E-state index contributed by atoms with van der Waals surface area (Å²) < 4.78 is 48.6. The maximum Gasteiger partial charge on any atom is 0.275 e. The van der Waals surface area contributed by atoms with Crippen LogP contribution in [0.5, 0.6) is 0 Å². The molecule has 1 aromatic heterocycles. The Labute approximate surface area is 121 Å². The van der Waals surface area contributed by atoms with Crippen molar-refractivity contribution in [1.82, 2.24) is 9.88 Å². The number of halogens is 2. The van der Waals surface area contributed by atoms with E-state index in [1.165, 1.54) is 4.90 Å².